The van der Waals surface area contributed by atoms with Crippen LogP contribution in [0.4, 0.5) is 0 Å². The molecule has 0 unspecified atom stereocenters. The first kappa shape index (κ1) is 20.1. The Balaban J connectivity index is 1.35. The first-order chi connectivity index (χ1) is 15.2. The van der Waals surface area contributed by atoms with Crippen LogP contribution in [-0.4, -0.2) is 39.4 Å². The number of nitrogens with zero attached hydrogens (tertiary/aromatic N) is 3. The molecule has 0 aromatic carbocycles. The second-order valence-electron chi connectivity index (χ2n) is 8.96. The van der Waals surface area contributed by atoms with Crippen LogP contribution in [0.25, 0.3) is 6.08 Å². The third kappa shape index (κ3) is 4.32. The van der Waals surface area contributed by atoms with Crippen LogP contribution in [0.15, 0.2) is 29.1 Å². The summed E-state index contributed by atoms with van der Waals surface area (Å²) in [4.78, 5) is 16.1. The average Bonchev–Trinajstić information content (AvgIpc) is 3.45. The Hall–Kier alpha value is -2.80. The quantitative estimate of drug-likeness (QED) is 0.430. The normalized spacial score (nSPS) is 20.1. The van der Waals surface area contributed by atoms with Crippen molar-refractivity contribution < 1.29 is 4.79 Å². The Labute approximate surface area is 182 Å². The summed E-state index contributed by atoms with van der Waals surface area (Å²) >= 11 is 0. The van der Waals surface area contributed by atoms with Gasteiger partial charge in [-0.25, -0.2) is 5.43 Å². The van der Waals surface area contributed by atoms with Gasteiger partial charge >= 0.3 is 0 Å². The van der Waals surface area contributed by atoms with Gasteiger partial charge in [-0.3, -0.25) is 4.79 Å². The fourth-order valence-corrected chi connectivity index (χ4v) is 4.59. The number of aryl methyl sites for hydroxylation is 1. The van der Waals surface area contributed by atoms with Crippen molar-refractivity contribution in [3.05, 3.63) is 52.1 Å². The number of H-pyrrole nitrogens is 1. The number of aromatic amines is 1. The van der Waals surface area contributed by atoms with Gasteiger partial charge in [0.05, 0.1) is 18.0 Å². The van der Waals surface area contributed by atoms with Crippen molar-refractivity contribution in [1.82, 2.24) is 25.9 Å². The lowest BCUT2D eigenvalue weighted by molar-refractivity contribution is -0.116. The second-order valence-corrected chi connectivity index (χ2v) is 8.96. The number of carbonyl (C=O) groups is 1. The maximum Gasteiger partial charge on any atom is 0.273 e. The zero-order valence-electron chi connectivity index (χ0n) is 18.1. The van der Waals surface area contributed by atoms with Gasteiger partial charge in [0, 0.05) is 23.0 Å². The Morgan fingerprint density at radius 2 is 2.06 bits per heavy atom. The molecule has 0 saturated heterocycles. The first-order valence-corrected chi connectivity index (χ1v) is 11.5. The van der Waals surface area contributed by atoms with Crippen molar-refractivity contribution >= 4 is 17.7 Å². The summed E-state index contributed by atoms with van der Waals surface area (Å²) in [5.41, 5.74) is 9.72. The maximum atomic E-state index is 12.5. The first-order valence-electron chi connectivity index (χ1n) is 11.5. The van der Waals surface area contributed by atoms with Crippen LogP contribution in [0.5, 0.6) is 0 Å². The van der Waals surface area contributed by atoms with Crippen LogP contribution < -0.4 is 10.7 Å². The number of rotatable bonds is 9. The average molecular weight is 419 g/mol. The van der Waals surface area contributed by atoms with Gasteiger partial charge in [-0.1, -0.05) is 6.42 Å². The Kier molecular flexibility index (Phi) is 5.68. The van der Waals surface area contributed by atoms with Crippen LogP contribution in [-0.2, 0) is 11.2 Å². The van der Waals surface area contributed by atoms with Crippen LogP contribution in [0.2, 0.25) is 0 Å². The molecular formula is C24H30N6O. The molecule has 2 aromatic heterocycles. The van der Waals surface area contributed by atoms with Gasteiger partial charge in [0.25, 0.3) is 5.91 Å². The van der Waals surface area contributed by atoms with E-state index < -0.39 is 0 Å². The van der Waals surface area contributed by atoms with Crippen LogP contribution in [0, 0.1) is 6.92 Å². The fraction of sp³-hybridized carbons (Fsp3) is 0.500. The molecule has 2 saturated carbocycles. The highest BCUT2D eigenvalue weighted by molar-refractivity contribution is 6.33. The fourth-order valence-electron chi connectivity index (χ4n) is 4.59. The lowest BCUT2D eigenvalue weighted by Gasteiger charge is -2.26. The van der Waals surface area contributed by atoms with Crippen molar-refractivity contribution in [2.45, 2.75) is 70.3 Å². The van der Waals surface area contributed by atoms with Gasteiger partial charge in [0.1, 0.15) is 5.71 Å². The van der Waals surface area contributed by atoms with E-state index in [0.29, 0.717) is 17.2 Å². The van der Waals surface area contributed by atoms with Gasteiger partial charge in [-0.15, -0.1) is 0 Å². The van der Waals surface area contributed by atoms with E-state index in [-0.39, 0.29) is 5.91 Å². The minimum atomic E-state index is -0.176. The topological polar surface area (TPSA) is 95.1 Å². The van der Waals surface area contributed by atoms with Gasteiger partial charge in [0.2, 0.25) is 0 Å². The van der Waals surface area contributed by atoms with E-state index in [1.807, 2.05) is 12.1 Å². The summed E-state index contributed by atoms with van der Waals surface area (Å²) in [7, 11) is 0. The molecule has 0 radical (unpaired) electrons. The number of hydrazone groups is 1. The summed E-state index contributed by atoms with van der Waals surface area (Å²) in [6.07, 6.45) is 15.2. The molecule has 1 amide bonds. The smallest absolute Gasteiger partial charge is 0.273 e. The zero-order valence-corrected chi connectivity index (χ0v) is 18.1. The summed E-state index contributed by atoms with van der Waals surface area (Å²) in [5.74, 6) is 0.428. The highest BCUT2D eigenvalue weighted by atomic mass is 16.2. The number of hydrogen-bond donors (Lipinski definition) is 3. The van der Waals surface area contributed by atoms with E-state index >= 15 is 0 Å². The highest BCUT2D eigenvalue weighted by Crippen LogP contribution is 2.45. The molecule has 0 bridgehead atoms. The summed E-state index contributed by atoms with van der Waals surface area (Å²) < 4.78 is 0. The minimum Gasteiger partial charge on any atom is -0.359 e. The van der Waals surface area contributed by atoms with E-state index in [1.165, 1.54) is 61.8 Å². The summed E-state index contributed by atoms with van der Waals surface area (Å²) in [6, 6.07) is 2.59. The Morgan fingerprint density at radius 3 is 2.77 bits per heavy atom. The van der Waals surface area contributed by atoms with Crippen LogP contribution >= 0.6 is 0 Å². The molecule has 2 fully saturated rings. The molecule has 1 aliphatic heterocycles. The van der Waals surface area contributed by atoms with Crippen molar-refractivity contribution in [3.8, 4) is 0 Å². The number of nitrogens with one attached hydrogen (secondary N) is 3. The summed E-state index contributed by atoms with van der Waals surface area (Å²) in [5, 5.41) is 15.7. The number of aromatic nitrogens is 3. The van der Waals surface area contributed by atoms with Crippen molar-refractivity contribution in [2.24, 2.45) is 5.10 Å². The van der Waals surface area contributed by atoms with Gasteiger partial charge in [-0.05, 0) is 87.6 Å². The number of unbranched alkanes of at least 4 members (excludes halogenated alkanes) is 1. The number of amides is 1. The molecule has 7 heteroatoms. The minimum absolute atomic E-state index is 0.176. The van der Waals surface area contributed by atoms with Crippen molar-refractivity contribution in [2.75, 3.05) is 6.54 Å². The molecule has 31 heavy (non-hydrogen) atoms. The predicted octanol–water partition coefficient (Wildman–Crippen LogP) is 3.37. The highest BCUT2D eigenvalue weighted by Gasteiger charge is 2.32. The van der Waals surface area contributed by atoms with Gasteiger partial charge in [0.15, 0.2) is 0 Å². The molecule has 3 heterocycles. The predicted molar refractivity (Wildman–Crippen MR) is 121 cm³/mol. The molecule has 7 nitrogen and oxygen atoms in total. The number of carbonyl (C=O) groups excluding carboxylic acids is 1. The van der Waals surface area contributed by atoms with E-state index in [9.17, 15) is 4.79 Å². The third-order valence-corrected chi connectivity index (χ3v) is 6.68. The van der Waals surface area contributed by atoms with Crippen LogP contribution in [0.1, 0.15) is 78.9 Å². The van der Waals surface area contributed by atoms with Crippen molar-refractivity contribution in [3.63, 3.8) is 0 Å². The van der Waals surface area contributed by atoms with E-state index in [4.69, 9.17) is 0 Å². The van der Waals surface area contributed by atoms with Gasteiger partial charge in [-0.2, -0.15) is 15.3 Å². The second kappa shape index (κ2) is 8.75. The molecule has 3 aliphatic rings. The lowest BCUT2D eigenvalue weighted by atomic mass is 9.93. The summed E-state index contributed by atoms with van der Waals surface area (Å²) in [6.45, 7) is 3.27. The third-order valence-electron chi connectivity index (χ3n) is 6.68. The molecule has 0 atom stereocenters. The van der Waals surface area contributed by atoms with Gasteiger partial charge < -0.3 is 10.3 Å². The largest absolute Gasteiger partial charge is 0.359 e. The number of hydrogen-bond acceptors (Lipinski definition) is 5. The molecule has 5 rings (SSSR count). The van der Waals surface area contributed by atoms with Crippen molar-refractivity contribution in [1.29, 1.82) is 0 Å². The monoisotopic (exact) mass is 418 g/mol. The Bertz CT molecular complexity index is 1010. The molecule has 3 N–H and O–H groups in total. The molecule has 2 aliphatic carbocycles. The molecular weight excluding hydrogens is 388 g/mol. The zero-order chi connectivity index (χ0) is 21.2. The standard InChI is InChI=1S/C24H30N6O/c1-15-19(7-2-3-11-25-18-5-4-6-18)22(16-8-9-16)21(28-15)13-20-23(29-30-24(20)31)17-10-12-26-27-14-17/h10,12-14,16,18,25,28H,2-9,11H2,1H3,(H,30,31). The van der Waals surface area contributed by atoms with E-state index in [1.54, 1.807) is 12.4 Å². The molecule has 0 spiro atoms. The molecule has 162 valence electrons. The Morgan fingerprint density at radius 1 is 1.19 bits per heavy atom. The SMILES string of the molecule is Cc1[nH]c(C=C2C(=O)NN=C2c2ccnnc2)c(C2CC2)c1CCCCNC1CCC1. The lowest BCUT2D eigenvalue weighted by Crippen LogP contribution is -2.35. The van der Waals surface area contributed by atoms with E-state index in [2.05, 4.69) is 37.9 Å². The van der Waals surface area contributed by atoms with E-state index in [0.717, 1.165) is 30.3 Å². The molecule has 2 aromatic rings. The maximum absolute atomic E-state index is 12.5. The van der Waals surface area contributed by atoms with Crippen LogP contribution in [0.3, 0.4) is 0 Å².